The summed E-state index contributed by atoms with van der Waals surface area (Å²) in [6.45, 7) is 14.5. The van der Waals surface area contributed by atoms with Crippen LogP contribution in [0, 0.1) is 11.3 Å². The number of hydrogen-bond donors (Lipinski definition) is 4. The second-order valence-corrected chi connectivity index (χ2v) is 19.0. The number of carbonyl (C=O) groups is 5. The molecule has 3 aliphatic heterocycles. The van der Waals surface area contributed by atoms with Crippen LogP contribution in [0.2, 0.25) is 0 Å². The van der Waals surface area contributed by atoms with Gasteiger partial charge in [0.25, 0.3) is 11.8 Å². The van der Waals surface area contributed by atoms with E-state index in [1.54, 1.807) is 30.7 Å². The van der Waals surface area contributed by atoms with Crippen LogP contribution in [-0.4, -0.2) is 132 Å². The van der Waals surface area contributed by atoms with Crippen LogP contribution in [0.1, 0.15) is 65.0 Å². The Morgan fingerprint density at radius 1 is 1.09 bits per heavy atom. The Bertz CT molecular complexity index is 2470. The van der Waals surface area contributed by atoms with Gasteiger partial charge in [-0.25, -0.2) is 5.43 Å². The summed E-state index contributed by atoms with van der Waals surface area (Å²) in [4.78, 5) is 71.1. The molecule has 342 valence electrons. The molecule has 1 unspecified atom stereocenters. The second kappa shape index (κ2) is 18.0. The van der Waals surface area contributed by atoms with Gasteiger partial charge in [0.2, 0.25) is 11.8 Å². The van der Waals surface area contributed by atoms with Gasteiger partial charge >= 0.3 is 0 Å². The molecule has 4 N–H and O–H groups in total. The third-order valence-corrected chi connectivity index (χ3v) is 13.0. The Morgan fingerprint density at radius 2 is 1.86 bits per heavy atom. The number of β-amino-alcohol motifs (C(OH)–C–C–N with tert-alkyl or cyclic N) is 1. The van der Waals surface area contributed by atoms with Crippen molar-refractivity contribution in [2.45, 2.75) is 96.5 Å². The predicted molar refractivity (Wildman–Crippen MR) is 241 cm³/mol. The van der Waals surface area contributed by atoms with Crippen molar-refractivity contribution in [3.63, 3.8) is 0 Å². The van der Waals surface area contributed by atoms with E-state index in [1.165, 1.54) is 21.9 Å². The zero-order chi connectivity index (χ0) is 46.3. The summed E-state index contributed by atoms with van der Waals surface area (Å²) in [7, 11) is 3.32. The van der Waals surface area contributed by atoms with Gasteiger partial charge in [0.15, 0.2) is 5.60 Å². The summed E-state index contributed by atoms with van der Waals surface area (Å²) in [6, 6.07) is 9.00. The molecular formula is C48H62N8O8. The van der Waals surface area contributed by atoms with Crippen molar-refractivity contribution in [3.8, 4) is 28.1 Å². The molecule has 3 aliphatic rings. The molecule has 2 saturated heterocycles. The molecule has 0 aliphatic carbocycles. The number of nitrogens with zero attached hydrogens (tertiary/aromatic N) is 6. The molecule has 2 aromatic carbocycles. The SMILES string of the molecule is C=CC(=O)N1CC[C@@](O)(C(=O)N(C)[C@H](C(=O)N[C@H]2Cc3cc(O)cc(c3)-c3ccc4c(c3)c(c(-c3cnn(C)c3)n4CC)CC(C)(C)COCC3(C=O)CCCN(N3)C2=O)C(C)C)C1. The lowest BCUT2D eigenvalue weighted by atomic mass is 9.84. The van der Waals surface area contributed by atoms with Gasteiger partial charge in [0.05, 0.1) is 31.6 Å². The van der Waals surface area contributed by atoms with Crippen molar-refractivity contribution in [2.75, 3.05) is 39.9 Å². The standard InChI is InChI=1S/C48H62N8O8/c1-9-40(59)54-17-15-48(63,26-54)45(62)53(8)41(30(3)4)43(60)50-38-20-31-18-33(21-35(58)19-31)32-12-13-39-36(22-32)37(42(55(39)10-2)34-24-49-52(7)25-34)23-46(5,6)28-64-29-47(27-57)14-11-16-56(51-47)44(38)61/h9,12-13,18-19,21-22,24-25,27,30,38,41,51,58,63H,1,10-11,14-17,20,23,26,28-29H2,2-8H3,(H,50,60)/t38-,41-,47?,48-/m0/s1. The van der Waals surface area contributed by atoms with Crippen LogP contribution in [0.4, 0.5) is 0 Å². The topological polar surface area (TPSA) is 192 Å². The maximum atomic E-state index is 14.8. The quantitative estimate of drug-likeness (QED) is 0.142. The maximum absolute atomic E-state index is 14.8. The summed E-state index contributed by atoms with van der Waals surface area (Å²) in [5.74, 6) is -2.81. The van der Waals surface area contributed by atoms with E-state index in [9.17, 15) is 34.2 Å². The van der Waals surface area contributed by atoms with Gasteiger partial charge in [-0.3, -0.25) is 28.9 Å². The fourth-order valence-electron chi connectivity index (χ4n) is 9.85. The van der Waals surface area contributed by atoms with Crippen molar-refractivity contribution < 1.29 is 38.9 Å². The molecule has 0 radical (unpaired) electrons. The first-order chi connectivity index (χ1) is 30.3. The van der Waals surface area contributed by atoms with Crippen molar-refractivity contribution in [2.24, 2.45) is 18.4 Å². The monoisotopic (exact) mass is 878 g/mol. The molecule has 6 bridgehead atoms. The van der Waals surface area contributed by atoms with E-state index in [4.69, 9.17) is 4.74 Å². The smallest absolute Gasteiger partial charge is 0.259 e. The molecular weight excluding hydrogens is 817 g/mol. The molecule has 16 nitrogen and oxygen atoms in total. The van der Waals surface area contributed by atoms with Crippen LogP contribution in [0.3, 0.4) is 0 Å². The second-order valence-electron chi connectivity index (χ2n) is 19.0. The fraction of sp³-hybridized carbons (Fsp3) is 0.500. The van der Waals surface area contributed by atoms with Crippen LogP contribution in [0.25, 0.3) is 33.3 Å². The van der Waals surface area contributed by atoms with Crippen LogP contribution in [-0.2, 0) is 55.1 Å². The number of fused-ring (bicyclic) bond motifs is 6. The highest BCUT2D eigenvalue weighted by atomic mass is 16.5. The Hall–Kier alpha value is -5.84. The number of nitrogens with one attached hydrogen (secondary N) is 2. The molecule has 0 spiro atoms. The first-order valence-corrected chi connectivity index (χ1v) is 22.1. The number of aromatic hydroxyl groups is 1. The Balaban J connectivity index is 1.30. The number of rotatable bonds is 9. The number of hydrazine groups is 1. The largest absolute Gasteiger partial charge is 0.508 e. The number of phenolic OH excluding ortho intramolecular Hbond substituents is 1. The van der Waals surface area contributed by atoms with Crippen LogP contribution in [0.15, 0.2) is 61.4 Å². The molecule has 5 heterocycles. The Kier molecular flexibility index (Phi) is 13.0. The van der Waals surface area contributed by atoms with Gasteiger partial charge in [-0.2, -0.15) is 5.10 Å². The van der Waals surface area contributed by atoms with Gasteiger partial charge in [-0.1, -0.05) is 46.4 Å². The number of aryl methyl sites for hydroxylation is 2. The van der Waals surface area contributed by atoms with Crippen molar-refractivity contribution in [1.82, 2.24) is 39.9 Å². The number of carbonyl (C=O) groups excluding carboxylic acids is 5. The molecule has 4 atom stereocenters. The van der Waals surface area contributed by atoms with E-state index in [-0.39, 0.29) is 44.8 Å². The first-order valence-electron chi connectivity index (χ1n) is 22.1. The number of benzene rings is 2. The Morgan fingerprint density at radius 3 is 2.53 bits per heavy atom. The highest BCUT2D eigenvalue weighted by molar-refractivity contribution is 5.97. The summed E-state index contributed by atoms with van der Waals surface area (Å²) >= 11 is 0. The normalized spacial score (nSPS) is 23.1. The van der Waals surface area contributed by atoms with E-state index < -0.39 is 58.2 Å². The summed E-state index contributed by atoms with van der Waals surface area (Å²) in [5.41, 5.74) is 5.90. The van der Waals surface area contributed by atoms with Crippen LogP contribution >= 0.6 is 0 Å². The number of aldehydes is 1. The van der Waals surface area contributed by atoms with E-state index in [0.717, 1.165) is 45.6 Å². The number of likely N-dealkylation sites (tertiary alicyclic amines) is 1. The fourth-order valence-corrected chi connectivity index (χ4v) is 9.85. The van der Waals surface area contributed by atoms with Gasteiger partial charge in [0.1, 0.15) is 29.7 Å². The van der Waals surface area contributed by atoms with Crippen molar-refractivity contribution in [1.29, 1.82) is 0 Å². The number of ether oxygens (including phenoxy) is 1. The summed E-state index contributed by atoms with van der Waals surface area (Å²) in [6.07, 6.45) is 7.24. The lowest BCUT2D eigenvalue weighted by Crippen LogP contribution is -2.66. The molecule has 4 amide bonds. The van der Waals surface area contributed by atoms with Gasteiger partial charge in [-0.15, -0.1) is 0 Å². The van der Waals surface area contributed by atoms with E-state index >= 15 is 0 Å². The highest BCUT2D eigenvalue weighted by Gasteiger charge is 2.48. The average molecular weight is 879 g/mol. The molecule has 2 aromatic heterocycles. The van der Waals surface area contributed by atoms with Gasteiger partial charge in [-0.05, 0) is 90.1 Å². The van der Waals surface area contributed by atoms with Crippen LogP contribution in [0.5, 0.6) is 5.75 Å². The first kappa shape index (κ1) is 46.2. The molecule has 16 heteroatoms. The molecule has 2 fully saturated rings. The minimum atomic E-state index is -1.93. The van der Waals surface area contributed by atoms with E-state index in [1.807, 2.05) is 31.6 Å². The minimum Gasteiger partial charge on any atom is -0.508 e. The molecule has 4 aromatic rings. The lowest BCUT2D eigenvalue weighted by Gasteiger charge is -2.42. The average Bonchev–Trinajstić information content (AvgIpc) is 3.96. The number of hydrogen-bond acceptors (Lipinski definition) is 10. The van der Waals surface area contributed by atoms with Crippen molar-refractivity contribution in [3.05, 3.63) is 72.6 Å². The zero-order valence-electron chi connectivity index (χ0n) is 38.0. The highest BCUT2D eigenvalue weighted by Crippen LogP contribution is 2.40. The summed E-state index contributed by atoms with van der Waals surface area (Å²) < 4.78 is 10.5. The van der Waals surface area contributed by atoms with Crippen molar-refractivity contribution >= 4 is 40.8 Å². The number of aliphatic hydroxyl groups is 1. The zero-order valence-corrected chi connectivity index (χ0v) is 38.0. The summed E-state index contributed by atoms with van der Waals surface area (Å²) in [5, 5.41) is 32.6. The third kappa shape index (κ3) is 9.08. The predicted octanol–water partition coefficient (Wildman–Crippen LogP) is 3.76. The Labute approximate surface area is 374 Å². The number of amides is 4. The number of likely N-dealkylation sites (N-methyl/N-ethyl adjacent to an activating group) is 1. The van der Waals surface area contributed by atoms with Gasteiger partial charge < -0.3 is 39.4 Å². The van der Waals surface area contributed by atoms with E-state index in [2.05, 4.69) is 59.9 Å². The number of aromatic nitrogens is 3. The molecule has 0 saturated carbocycles. The minimum absolute atomic E-state index is 0.00590. The van der Waals surface area contributed by atoms with Crippen LogP contribution < -0.4 is 10.7 Å². The van der Waals surface area contributed by atoms with Gasteiger partial charge in [0, 0.05) is 69.2 Å². The third-order valence-electron chi connectivity index (χ3n) is 13.0. The maximum Gasteiger partial charge on any atom is 0.259 e. The molecule has 64 heavy (non-hydrogen) atoms. The van der Waals surface area contributed by atoms with E-state index in [0.29, 0.717) is 43.5 Å². The number of phenols is 1. The molecule has 7 rings (SSSR count). The lowest BCUT2D eigenvalue weighted by molar-refractivity contribution is -0.156.